The van der Waals surface area contributed by atoms with Gasteiger partial charge >= 0.3 is 5.97 Å². The molecule has 3 rings (SSSR count). The molecule has 2 aromatic rings. The van der Waals surface area contributed by atoms with Crippen molar-refractivity contribution in [3.8, 4) is 11.4 Å². The molecule has 0 spiro atoms. The second-order valence-corrected chi connectivity index (χ2v) is 15.2. The number of methoxy groups -OCH3 is 1. The molecule has 0 radical (unpaired) electrons. The smallest absolute Gasteiger partial charge is 0.312 e. The minimum absolute atomic E-state index is 0.159. The molecule has 7 heteroatoms. The van der Waals surface area contributed by atoms with E-state index in [2.05, 4.69) is 43.8 Å². The summed E-state index contributed by atoms with van der Waals surface area (Å²) in [6.07, 6.45) is 6.26. The van der Waals surface area contributed by atoms with Crippen LogP contribution in [0.25, 0.3) is 11.4 Å². The minimum atomic E-state index is -1.85. The summed E-state index contributed by atoms with van der Waals surface area (Å²) < 4.78 is 25.1. The Hall–Kier alpha value is -2.12. The van der Waals surface area contributed by atoms with Crippen molar-refractivity contribution in [2.75, 3.05) is 7.11 Å². The fraction of sp³-hybridized carbons (Fsp3) is 0.560. The van der Waals surface area contributed by atoms with Crippen molar-refractivity contribution in [2.45, 2.75) is 77.1 Å². The molecule has 5 nitrogen and oxygen atoms in total. The molecular weight excluding hydrogens is 423 g/mol. The number of carbonyl (C=O) groups excluding carboxylic acids is 1. The molecule has 1 fully saturated rings. The first kappa shape index (κ1) is 24.5. The number of nitrogens with zero attached hydrogens (tertiary/aromatic N) is 2. The third-order valence-electron chi connectivity index (χ3n) is 7.12. The second kappa shape index (κ2) is 9.39. The van der Waals surface area contributed by atoms with Gasteiger partial charge in [0, 0.05) is 11.7 Å². The highest BCUT2D eigenvalue weighted by molar-refractivity contribution is 6.74. The summed E-state index contributed by atoms with van der Waals surface area (Å²) in [5.41, 5.74) is 1.26. The van der Waals surface area contributed by atoms with Gasteiger partial charge in [-0.1, -0.05) is 39.0 Å². The van der Waals surface area contributed by atoms with Crippen molar-refractivity contribution in [3.63, 3.8) is 0 Å². The summed E-state index contributed by atoms with van der Waals surface area (Å²) in [6, 6.07) is 7.81. The lowest BCUT2D eigenvalue weighted by molar-refractivity contribution is -0.156. The molecular formula is C25H35FN2O3Si. The number of benzene rings is 1. The molecule has 0 atom stereocenters. The van der Waals surface area contributed by atoms with E-state index in [1.54, 1.807) is 0 Å². The average Bonchev–Trinajstić information content (AvgIpc) is 2.74. The Morgan fingerprint density at radius 3 is 2.38 bits per heavy atom. The number of esters is 1. The van der Waals surface area contributed by atoms with Crippen molar-refractivity contribution in [2.24, 2.45) is 5.41 Å². The van der Waals surface area contributed by atoms with Gasteiger partial charge in [-0.2, -0.15) is 0 Å². The highest BCUT2D eigenvalue weighted by Crippen LogP contribution is 2.44. The van der Waals surface area contributed by atoms with E-state index >= 15 is 0 Å². The largest absolute Gasteiger partial charge is 0.469 e. The molecule has 1 aromatic carbocycles. The second-order valence-electron chi connectivity index (χ2n) is 10.5. The van der Waals surface area contributed by atoms with Crippen LogP contribution in [0, 0.1) is 11.2 Å². The van der Waals surface area contributed by atoms with E-state index in [-0.39, 0.29) is 17.1 Å². The summed E-state index contributed by atoms with van der Waals surface area (Å²) in [5, 5.41) is 0.159. The predicted molar refractivity (Wildman–Crippen MR) is 126 cm³/mol. The molecule has 1 aromatic heterocycles. The van der Waals surface area contributed by atoms with Gasteiger partial charge in [0.15, 0.2) is 20.0 Å². The summed E-state index contributed by atoms with van der Waals surface area (Å²) in [6.45, 7) is 11.3. The lowest BCUT2D eigenvalue weighted by atomic mass is 9.69. The van der Waals surface area contributed by atoms with E-state index in [4.69, 9.17) is 9.16 Å². The number of hydrogen-bond donors (Lipinski definition) is 0. The molecule has 0 N–H and O–H groups in total. The zero-order valence-electron chi connectivity index (χ0n) is 20.1. The maximum atomic E-state index is 13.2. The molecule has 1 saturated carbocycles. The number of hydrogen-bond acceptors (Lipinski definition) is 5. The van der Waals surface area contributed by atoms with Crippen molar-refractivity contribution < 1.29 is 18.3 Å². The van der Waals surface area contributed by atoms with Gasteiger partial charge in [0.25, 0.3) is 0 Å². The summed E-state index contributed by atoms with van der Waals surface area (Å²) in [4.78, 5) is 21.1. The van der Waals surface area contributed by atoms with Gasteiger partial charge in [-0.05, 0) is 61.9 Å². The Balaban J connectivity index is 1.77. The van der Waals surface area contributed by atoms with Gasteiger partial charge in [-0.25, -0.2) is 14.4 Å². The summed E-state index contributed by atoms with van der Waals surface area (Å²) in [5.74, 6) is -0.162. The lowest BCUT2D eigenvalue weighted by Crippen LogP contribution is -2.47. The standard InChI is InChI=1S/C25H35FN2O3Si/c1-24(2,3)32(5,6)31-21-10-12-25(13-11-21,23(29)30-4)15-18-8-7-9-19(14-18)22-27-16-20(26)17-28-22/h7-9,14,16-17,21H,10-13,15H2,1-6H3. The number of rotatable bonds is 6. The van der Waals surface area contributed by atoms with E-state index in [9.17, 15) is 9.18 Å². The van der Waals surface area contributed by atoms with Crippen molar-refractivity contribution >= 4 is 14.3 Å². The van der Waals surface area contributed by atoms with E-state index in [0.29, 0.717) is 12.2 Å². The Morgan fingerprint density at radius 2 is 1.81 bits per heavy atom. The van der Waals surface area contributed by atoms with Crippen LogP contribution in [0.15, 0.2) is 36.7 Å². The highest BCUT2D eigenvalue weighted by Gasteiger charge is 2.46. The molecule has 1 aliphatic rings. The maximum Gasteiger partial charge on any atom is 0.312 e. The van der Waals surface area contributed by atoms with Crippen molar-refractivity contribution in [1.82, 2.24) is 9.97 Å². The Bertz CT molecular complexity index is 933. The first-order chi connectivity index (χ1) is 15.0. The van der Waals surface area contributed by atoms with Crippen LogP contribution in [0.4, 0.5) is 4.39 Å². The number of halogens is 1. The van der Waals surface area contributed by atoms with Gasteiger partial charge in [-0.15, -0.1) is 0 Å². The first-order valence-electron chi connectivity index (χ1n) is 11.3. The molecule has 0 unspecified atom stereocenters. The van der Waals surface area contributed by atoms with E-state index in [0.717, 1.165) is 49.2 Å². The summed E-state index contributed by atoms with van der Waals surface area (Å²) in [7, 11) is -0.391. The molecule has 0 aliphatic heterocycles. The molecule has 0 saturated heterocycles. The van der Waals surface area contributed by atoms with Crippen LogP contribution in [0.2, 0.25) is 18.1 Å². The lowest BCUT2D eigenvalue weighted by Gasteiger charge is -2.43. The molecule has 32 heavy (non-hydrogen) atoms. The quantitative estimate of drug-likeness (QED) is 0.395. The van der Waals surface area contributed by atoms with Crippen LogP contribution in [0.5, 0.6) is 0 Å². The number of carbonyl (C=O) groups is 1. The Kier molecular flexibility index (Phi) is 7.20. The zero-order chi connectivity index (χ0) is 23.6. The summed E-state index contributed by atoms with van der Waals surface area (Å²) >= 11 is 0. The monoisotopic (exact) mass is 458 g/mol. The SMILES string of the molecule is COC(=O)C1(Cc2cccc(-c3ncc(F)cn3)c2)CCC(O[Si](C)(C)C(C)(C)C)CC1. The average molecular weight is 459 g/mol. The molecule has 1 aliphatic carbocycles. The molecule has 1 heterocycles. The van der Waals surface area contributed by atoms with Crippen molar-refractivity contribution in [1.29, 1.82) is 0 Å². The van der Waals surface area contributed by atoms with Crippen LogP contribution in [-0.2, 0) is 20.4 Å². The van der Waals surface area contributed by atoms with E-state index in [1.165, 1.54) is 7.11 Å². The maximum absolute atomic E-state index is 13.2. The fourth-order valence-electron chi connectivity index (χ4n) is 4.20. The van der Waals surface area contributed by atoms with E-state index in [1.807, 2.05) is 24.3 Å². The third-order valence-corrected chi connectivity index (χ3v) is 11.7. The van der Waals surface area contributed by atoms with Crippen LogP contribution in [0.1, 0.15) is 52.0 Å². The van der Waals surface area contributed by atoms with E-state index < -0.39 is 19.5 Å². The topological polar surface area (TPSA) is 61.3 Å². The fourth-order valence-corrected chi connectivity index (χ4v) is 5.62. The number of aromatic nitrogens is 2. The predicted octanol–water partition coefficient (Wildman–Crippen LogP) is 5.95. The minimum Gasteiger partial charge on any atom is -0.469 e. The Labute approximate surface area is 191 Å². The van der Waals surface area contributed by atoms with Crippen LogP contribution < -0.4 is 0 Å². The van der Waals surface area contributed by atoms with Gasteiger partial charge in [0.2, 0.25) is 0 Å². The van der Waals surface area contributed by atoms with Gasteiger partial charge in [-0.3, -0.25) is 4.79 Å². The molecule has 0 bridgehead atoms. The zero-order valence-corrected chi connectivity index (χ0v) is 21.1. The molecule has 0 amide bonds. The van der Waals surface area contributed by atoms with Gasteiger partial charge in [0.1, 0.15) is 0 Å². The van der Waals surface area contributed by atoms with Gasteiger partial charge in [0.05, 0.1) is 24.9 Å². The van der Waals surface area contributed by atoms with Crippen LogP contribution >= 0.6 is 0 Å². The molecule has 174 valence electrons. The highest BCUT2D eigenvalue weighted by atomic mass is 28.4. The van der Waals surface area contributed by atoms with Gasteiger partial charge < -0.3 is 9.16 Å². The number of ether oxygens (including phenoxy) is 1. The van der Waals surface area contributed by atoms with Crippen LogP contribution in [0.3, 0.4) is 0 Å². The normalized spacial score (nSPS) is 21.9. The first-order valence-corrected chi connectivity index (χ1v) is 14.2. The van der Waals surface area contributed by atoms with Crippen molar-refractivity contribution in [3.05, 3.63) is 48.0 Å². The van der Waals surface area contributed by atoms with Crippen LogP contribution in [-0.4, -0.2) is 37.5 Å². The third kappa shape index (κ3) is 5.43. The Morgan fingerprint density at radius 1 is 1.19 bits per heavy atom.